The van der Waals surface area contributed by atoms with Crippen LogP contribution in [0.25, 0.3) is 0 Å². The highest BCUT2D eigenvalue weighted by atomic mass is 19.3. The number of hydrogen-bond acceptors (Lipinski definition) is 3. The Bertz CT molecular complexity index is 421. The van der Waals surface area contributed by atoms with E-state index >= 15 is 0 Å². The maximum atomic E-state index is 12.1. The number of nitrogens with zero attached hydrogens (tertiary/aromatic N) is 1. The van der Waals surface area contributed by atoms with Gasteiger partial charge in [-0.25, -0.2) is 8.78 Å². The molecule has 1 N–H and O–H groups in total. The van der Waals surface area contributed by atoms with Crippen molar-refractivity contribution in [3.8, 4) is 0 Å². The fourth-order valence-electron chi connectivity index (χ4n) is 1.70. The van der Waals surface area contributed by atoms with E-state index in [-0.39, 0.29) is 12.3 Å². The van der Waals surface area contributed by atoms with Crippen molar-refractivity contribution in [3.63, 3.8) is 0 Å². The molecule has 0 saturated heterocycles. The van der Waals surface area contributed by atoms with Crippen LogP contribution in [0.3, 0.4) is 0 Å². The SMILES string of the molecule is CC(CCC(F)F)c1ccc(NC(=O)CN=O)cc1. The van der Waals surface area contributed by atoms with Gasteiger partial charge in [0.25, 0.3) is 0 Å². The summed E-state index contributed by atoms with van der Waals surface area (Å²) in [5.74, 6) is -0.441. The van der Waals surface area contributed by atoms with Gasteiger partial charge in [-0.1, -0.05) is 24.2 Å². The van der Waals surface area contributed by atoms with Crippen LogP contribution in [0.2, 0.25) is 0 Å². The van der Waals surface area contributed by atoms with E-state index < -0.39 is 18.9 Å². The first-order chi connectivity index (χ1) is 9.02. The Labute approximate surface area is 110 Å². The summed E-state index contributed by atoms with van der Waals surface area (Å²) in [7, 11) is 0. The van der Waals surface area contributed by atoms with E-state index in [1.807, 2.05) is 6.92 Å². The van der Waals surface area contributed by atoms with Crippen molar-refractivity contribution < 1.29 is 13.6 Å². The number of halogens is 2. The Morgan fingerprint density at radius 2 is 1.89 bits per heavy atom. The lowest BCUT2D eigenvalue weighted by molar-refractivity contribution is -0.114. The van der Waals surface area contributed by atoms with Crippen LogP contribution >= 0.6 is 0 Å². The molecule has 19 heavy (non-hydrogen) atoms. The third-order valence-corrected chi connectivity index (χ3v) is 2.79. The Morgan fingerprint density at radius 3 is 2.42 bits per heavy atom. The van der Waals surface area contributed by atoms with Crippen LogP contribution in [0.5, 0.6) is 0 Å². The smallest absolute Gasteiger partial charge is 0.249 e. The fraction of sp³-hybridized carbons (Fsp3) is 0.462. The van der Waals surface area contributed by atoms with E-state index in [4.69, 9.17) is 0 Å². The van der Waals surface area contributed by atoms with Crippen LogP contribution in [0.1, 0.15) is 31.2 Å². The maximum Gasteiger partial charge on any atom is 0.249 e. The molecule has 4 nitrogen and oxygen atoms in total. The van der Waals surface area contributed by atoms with Gasteiger partial charge in [-0.15, -0.1) is 0 Å². The Hall–Kier alpha value is -1.85. The minimum absolute atomic E-state index is 0.0374. The molecule has 1 aromatic carbocycles. The molecule has 1 rings (SSSR count). The van der Waals surface area contributed by atoms with Gasteiger partial charge in [0, 0.05) is 12.1 Å². The summed E-state index contributed by atoms with van der Waals surface area (Å²) >= 11 is 0. The topological polar surface area (TPSA) is 58.5 Å². The summed E-state index contributed by atoms with van der Waals surface area (Å²) in [6.45, 7) is 1.46. The molecule has 0 radical (unpaired) electrons. The molecule has 0 aliphatic carbocycles. The number of hydrogen-bond donors (Lipinski definition) is 1. The van der Waals surface area contributed by atoms with Gasteiger partial charge in [0.15, 0.2) is 6.54 Å². The zero-order chi connectivity index (χ0) is 14.3. The lowest BCUT2D eigenvalue weighted by Crippen LogP contribution is -2.14. The van der Waals surface area contributed by atoms with Crippen LogP contribution in [0.15, 0.2) is 29.4 Å². The highest BCUT2D eigenvalue weighted by Crippen LogP contribution is 2.23. The summed E-state index contributed by atoms with van der Waals surface area (Å²) in [6.07, 6.45) is -1.99. The molecule has 1 amide bonds. The van der Waals surface area contributed by atoms with Crippen molar-refractivity contribution in [1.29, 1.82) is 0 Å². The largest absolute Gasteiger partial charge is 0.324 e. The number of nitrogens with one attached hydrogen (secondary N) is 1. The number of alkyl halides is 2. The molecule has 0 aliphatic rings. The van der Waals surface area contributed by atoms with Crippen molar-refractivity contribution in [3.05, 3.63) is 34.7 Å². The number of amides is 1. The fourth-order valence-corrected chi connectivity index (χ4v) is 1.70. The maximum absolute atomic E-state index is 12.1. The van der Waals surface area contributed by atoms with E-state index in [2.05, 4.69) is 10.5 Å². The number of benzene rings is 1. The van der Waals surface area contributed by atoms with Crippen molar-refractivity contribution in [1.82, 2.24) is 0 Å². The number of rotatable bonds is 7. The summed E-state index contributed by atoms with van der Waals surface area (Å²) in [4.78, 5) is 21.0. The van der Waals surface area contributed by atoms with Crippen molar-refractivity contribution in [2.24, 2.45) is 5.18 Å². The van der Waals surface area contributed by atoms with E-state index in [0.717, 1.165) is 5.56 Å². The van der Waals surface area contributed by atoms with Gasteiger partial charge >= 0.3 is 0 Å². The number of nitroso groups, excluding NO2 is 1. The predicted octanol–water partition coefficient (Wildman–Crippen LogP) is 3.54. The quantitative estimate of drug-likeness (QED) is 0.770. The lowest BCUT2D eigenvalue weighted by Gasteiger charge is -2.12. The average Bonchev–Trinajstić information content (AvgIpc) is 2.37. The van der Waals surface area contributed by atoms with Crippen molar-refractivity contribution in [2.45, 2.75) is 32.1 Å². The molecule has 0 fully saturated rings. The highest BCUT2D eigenvalue weighted by Gasteiger charge is 2.10. The molecule has 1 unspecified atom stereocenters. The summed E-state index contributed by atoms with van der Waals surface area (Å²) < 4.78 is 24.2. The van der Waals surface area contributed by atoms with Gasteiger partial charge in [-0.3, -0.25) is 4.79 Å². The summed E-state index contributed by atoms with van der Waals surface area (Å²) in [5.41, 5.74) is 1.49. The molecule has 0 aromatic heterocycles. The Kier molecular flexibility index (Phi) is 6.05. The molecule has 0 saturated carbocycles. The second-order valence-electron chi connectivity index (χ2n) is 4.33. The molecular formula is C13H16F2N2O2. The molecule has 0 spiro atoms. The van der Waals surface area contributed by atoms with Gasteiger partial charge in [0.05, 0.1) is 0 Å². The van der Waals surface area contributed by atoms with Crippen LogP contribution < -0.4 is 5.32 Å². The Balaban J connectivity index is 2.55. The third kappa shape index (κ3) is 5.54. The number of carbonyl (C=O) groups is 1. The predicted molar refractivity (Wildman–Crippen MR) is 69.4 cm³/mol. The van der Waals surface area contributed by atoms with Crippen molar-refractivity contribution >= 4 is 11.6 Å². The van der Waals surface area contributed by atoms with Gasteiger partial charge < -0.3 is 5.32 Å². The first-order valence-corrected chi connectivity index (χ1v) is 6.00. The highest BCUT2D eigenvalue weighted by molar-refractivity contribution is 5.92. The minimum atomic E-state index is -2.28. The van der Waals surface area contributed by atoms with Crippen LogP contribution in [0, 0.1) is 4.91 Å². The monoisotopic (exact) mass is 270 g/mol. The van der Waals surface area contributed by atoms with Crippen LogP contribution in [-0.4, -0.2) is 18.9 Å². The number of anilines is 1. The second kappa shape index (κ2) is 7.56. The normalized spacial score (nSPS) is 12.2. The third-order valence-electron chi connectivity index (χ3n) is 2.79. The second-order valence-corrected chi connectivity index (χ2v) is 4.33. The molecule has 104 valence electrons. The van der Waals surface area contributed by atoms with Gasteiger partial charge in [0.2, 0.25) is 12.3 Å². The molecule has 6 heteroatoms. The summed E-state index contributed by atoms with van der Waals surface area (Å²) in [5, 5.41) is 4.99. The average molecular weight is 270 g/mol. The minimum Gasteiger partial charge on any atom is -0.324 e. The lowest BCUT2D eigenvalue weighted by atomic mass is 9.96. The van der Waals surface area contributed by atoms with Crippen LogP contribution in [0.4, 0.5) is 14.5 Å². The number of carbonyl (C=O) groups excluding carboxylic acids is 1. The van der Waals surface area contributed by atoms with E-state index in [1.165, 1.54) is 0 Å². The van der Waals surface area contributed by atoms with Crippen molar-refractivity contribution in [2.75, 3.05) is 11.9 Å². The summed E-state index contributed by atoms with van der Waals surface area (Å²) in [6, 6.07) is 6.91. The van der Waals surface area contributed by atoms with E-state index in [9.17, 15) is 18.5 Å². The molecule has 1 aromatic rings. The molecule has 0 heterocycles. The van der Waals surface area contributed by atoms with Gasteiger partial charge in [-0.2, -0.15) is 4.91 Å². The van der Waals surface area contributed by atoms with Gasteiger partial charge in [-0.05, 0) is 30.0 Å². The van der Waals surface area contributed by atoms with E-state index in [0.29, 0.717) is 12.1 Å². The van der Waals surface area contributed by atoms with Gasteiger partial charge in [0.1, 0.15) is 0 Å². The molecule has 1 atom stereocenters. The standard InChI is InChI=1S/C13H16F2N2O2/c1-9(2-7-12(14)15)10-3-5-11(6-4-10)17-13(18)8-16-19/h3-6,9,12H,2,7-8H2,1H3,(H,17,18). The zero-order valence-electron chi connectivity index (χ0n) is 10.6. The van der Waals surface area contributed by atoms with Crippen LogP contribution in [-0.2, 0) is 4.79 Å². The van der Waals surface area contributed by atoms with E-state index in [1.54, 1.807) is 24.3 Å². The molecule has 0 bridgehead atoms. The Morgan fingerprint density at radius 1 is 1.26 bits per heavy atom. The molecule has 0 aliphatic heterocycles. The first kappa shape index (κ1) is 15.2. The zero-order valence-corrected chi connectivity index (χ0v) is 10.6. The first-order valence-electron chi connectivity index (χ1n) is 6.00. The molecular weight excluding hydrogens is 254 g/mol.